The fraction of sp³-hybridized carbons (Fsp3) is 0.200. The fourth-order valence-electron chi connectivity index (χ4n) is 6.10. The molecule has 8 rings (SSSR count). The van der Waals surface area contributed by atoms with Crippen molar-refractivity contribution < 1.29 is 46.1 Å². The van der Waals surface area contributed by atoms with Gasteiger partial charge in [0.15, 0.2) is 23.0 Å². The van der Waals surface area contributed by atoms with E-state index in [0.29, 0.717) is 45.6 Å². The van der Waals surface area contributed by atoms with Gasteiger partial charge in [-0.2, -0.15) is 0 Å². The number of ether oxygens (including phenoxy) is 1. The summed E-state index contributed by atoms with van der Waals surface area (Å²) in [5, 5.41) is 19.0. The van der Waals surface area contributed by atoms with E-state index in [4.69, 9.17) is 27.7 Å². The number of carbonyl (C=O) groups excluding carboxylic acids is 1. The SMILES string of the molecule is C.Cc1ccc(C)c2oc(-c3cc(-c4ccc(C(=O)O)c(F)c4)on3)cc12.Cc1ccc(C)c2oc(-c3cc(-c4ccc(C(=O)OC(C)(C)C)c(F)c4)on3)cc12.Cl. The number of carbonyl (C=O) groups is 2. The maximum absolute atomic E-state index is 14.5. The number of esters is 1. The van der Waals surface area contributed by atoms with E-state index < -0.39 is 34.7 Å². The number of benzene rings is 4. The second-order valence-electron chi connectivity index (χ2n) is 14.5. The van der Waals surface area contributed by atoms with Gasteiger partial charge in [-0.05, 0) is 107 Å². The van der Waals surface area contributed by atoms with Crippen molar-refractivity contribution in [1.29, 1.82) is 0 Å². The first-order valence-electron chi connectivity index (χ1n) is 17.6. The van der Waals surface area contributed by atoms with Crippen LogP contribution in [0.5, 0.6) is 0 Å². The quantitative estimate of drug-likeness (QED) is 0.161. The average Bonchev–Trinajstić information content (AvgIpc) is 3.96. The third-order valence-electron chi connectivity index (χ3n) is 9.08. The Morgan fingerprint density at radius 1 is 0.603 bits per heavy atom. The van der Waals surface area contributed by atoms with Crippen molar-refractivity contribution in [2.24, 2.45) is 0 Å². The highest BCUT2D eigenvalue weighted by molar-refractivity contribution is 5.91. The average molecular weight is 811 g/mol. The van der Waals surface area contributed by atoms with E-state index in [9.17, 15) is 18.4 Å². The van der Waals surface area contributed by atoms with Gasteiger partial charge in [0, 0.05) is 34.0 Å². The van der Waals surface area contributed by atoms with E-state index in [1.54, 1.807) is 39.0 Å². The molecule has 0 saturated heterocycles. The first-order chi connectivity index (χ1) is 26.6. The lowest BCUT2D eigenvalue weighted by molar-refractivity contribution is 0.00644. The van der Waals surface area contributed by atoms with Gasteiger partial charge in [0.25, 0.3) is 0 Å². The highest BCUT2D eigenvalue weighted by Gasteiger charge is 2.23. The number of rotatable bonds is 6. The molecule has 0 bridgehead atoms. The van der Waals surface area contributed by atoms with Gasteiger partial charge in [0.1, 0.15) is 39.8 Å². The lowest BCUT2D eigenvalue weighted by Crippen LogP contribution is -2.24. The first kappa shape index (κ1) is 42.6. The molecule has 0 aliphatic rings. The summed E-state index contributed by atoms with van der Waals surface area (Å²) < 4.78 is 56.2. The van der Waals surface area contributed by atoms with Crippen molar-refractivity contribution in [2.75, 3.05) is 0 Å². The Balaban J connectivity index is 0.000000215. The molecule has 4 aromatic carbocycles. The van der Waals surface area contributed by atoms with Crippen LogP contribution in [-0.2, 0) is 4.74 Å². The molecule has 0 fully saturated rings. The summed E-state index contributed by atoms with van der Waals surface area (Å²) in [6, 6.07) is 23.2. The van der Waals surface area contributed by atoms with Crippen LogP contribution < -0.4 is 0 Å². The molecule has 0 amide bonds. The number of halogens is 3. The molecule has 1 N–H and O–H groups in total. The van der Waals surface area contributed by atoms with E-state index in [2.05, 4.69) is 10.3 Å². The Morgan fingerprint density at radius 2 is 1.02 bits per heavy atom. The van der Waals surface area contributed by atoms with Gasteiger partial charge < -0.3 is 27.7 Å². The van der Waals surface area contributed by atoms with Crippen molar-refractivity contribution >= 4 is 46.3 Å². The summed E-state index contributed by atoms with van der Waals surface area (Å²) in [5.74, 6) is -1.73. The summed E-state index contributed by atoms with van der Waals surface area (Å²) in [5.41, 5.74) is 6.48. The van der Waals surface area contributed by atoms with Crippen molar-refractivity contribution in [3.63, 3.8) is 0 Å². The Kier molecular flexibility index (Phi) is 12.1. The molecule has 0 radical (unpaired) electrons. The summed E-state index contributed by atoms with van der Waals surface area (Å²) in [7, 11) is 0. The van der Waals surface area contributed by atoms with Crippen LogP contribution in [0.2, 0.25) is 0 Å². The second-order valence-corrected chi connectivity index (χ2v) is 14.5. The minimum absolute atomic E-state index is 0. The molecule has 0 aliphatic carbocycles. The Labute approximate surface area is 338 Å². The van der Waals surface area contributed by atoms with Gasteiger partial charge >= 0.3 is 11.9 Å². The smallest absolute Gasteiger partial charge is 0.341 e. The van der Waals surface area contributed by atoms with Crippen LogP contribution in [0, 0.1) is 39.3 Å². The van der Waals surface area contributed by atoms with Crippen LogP contribution in [0.25, 0.3) is 67.5 Å². The highest BCUT2D eigenvalue weighted by atomic mass is 35.5. The summed E-state index contributed by atoms with van der Waals surface area (Å²) in [6.45, 7) is 13.2. The predicted molar refractivity (Wildman–Crippen MR) is 219 cm³/mol. The lowest BCUT2D eigenvalue weighted by atomic mass is 10.1. The van der Waals surface area contributed by atoms with Crippen molar-refractivity contribution in [1.82, 2.24) is 10.3 Å². The van der Waals surface area contributed by atoms with E-state index >= 15 is 0 Å². The molecule has 8 aromatic rings. The van der Waals surface area contributed by atoms with E-state index in [0.717, 1.165) is 50.3 Å². The van der Waals surface area contributed by atoms with Gasteiger partial charge in [-0.25, -0.2) is 18.4 Å². The fourth-order valence-corrected chi connectivity index (χ4v) is 6.10. The molecule has 0 atom stereocenters. The minimum Gasteiger partial charge on any atom is -0.478 e. The predicted octanol–water partition coefficient (Wildman–Crippen LogP) is 12.7. The van der Waals surface area contributed by atoms with Crippen LogP contribution in [0.15, 0.2) is 103 Å². The largest absolute Gasteiger partial charge is 0.478 e. The normalized spacial score (nSPS) is 11.1. The van der Waals surface area contributed by atoms with E-state index in [1.807, 2.05) is 64.1 Å². The van der Waals surface area contributed by atoms with E-state index in [-0.39, 0.29) is 25.4 Å². The van der Waals surface area contributed by atoms with Crippen LogP contribution in [0.1, 0.15) is 71.2 Å². The molecular weight excluding hydrogens is 770 g/mol. The zero-order chi connectivity index (χ0) is 40.1. The Bertz CT molecular complexity index is 2730. The third kappa shape index (κ3) is 8.57. The number of aromatic nitrogens is 2. The van der Waals surface area contributed by atoms with Crippen LogP contribution in [0.4, 0.5) is 8.78 Å². The molecule has 58 heavy (non-hydrogen) atoms. The van der Waals surface area contributed by atoms with E-state index in [1.165, 1.54) is 24.3 Å². The van der Waals surface area contributed by atoms with Crippen molar-refractivity contribution in [3.8, 4) is 45.6 Å². The summed E-state index contributed by atoms with van der Waals surface area (Å²) in [4.78, 5) is 23.1. The molecule has 0 aliphatic heterocycles. The second kappa shape index (κ2) is 16.5. The zero-order valence-electron chi connectivity index (χ0n) is 31.9. The molecule has 0 spiro atoms. The highest BCUT2D eigenvalue weighted by Crippen LogP contribution is 2.35. The van der Waals surface area contributed by atoms with Crippen molar-refractivity contribution in [2.45, 2.75) is 61.5 Å². The summed E-state index contributed by atoms with van der Waals surface area (Å²) >= 11 is 0. The number of carboxylic acid groups (broad SMARTS) is 1. The lowest BCUT2D eigenvalue weighted by Gasteiger charge is -2.19. The molecule has 4 heterocycles. The molecule has 0 saturated carbocycles. The number of aromatic carboxylic acids is 1. The molecular formula is C45H41ClF2N2O8. The zero-order valence-corrected chi connectivity index (χ0v) is 32.8. The van der Waals surface area contributed by atoms with Crippen LogP contribution in [-0.4, -0.2) is 33.0 Å². The Hall–Kier alpha value is -6.53. The Morgan fingerprint density at radius 3 is 1.40 bits per heavy atom. The topological polar surface area (TPSA) is 142 Å². The standard InChI is InChI=1S/C24H22FNO4.C20H14FNO4.CH4.ClH/c1-13-6-7-14(2)22-17(13)11-21(28-22)19-12-20(30-26-19)15-8-9-16(18(25)10-15)23(27)29-24(3,4)5;1-10-3-4-11(2)19-14(10)8-18(25-19)16-9-17(26-22-16)12-5-6-13(20(23)24)15(21)7-12;;/h6-12H,1-5H3;3-9H,1-2H3,(H,23,24);1H4;1H. The number of furan rings is 2. The van der Waals surface area contributed by atoms with Crippen LogP contribution in [0.3, 0.4) is 0 Å². The first-order valence-corrected chi connectivity index (χ1v) is 17.6. The van der Waals surface area contributed by atoms with Gasteiger partial charge in [0.05, 0.1) is 11.1 Å². The van der Waals surface area contributed by atoms with Gasteiger partial charge in [0.2, 0.25) is 0 Å². The monoisotopic (exact) mass is 810 g/mol. The number of carboxylic acids is 1. The number of hydrogen-bond acceptors (Lipinski definition) is 9. The van der Waals surface area contributed by atoms with Gasteiger partial charge in [-0.3, -0.25) is 0 Å². The number of nitrogens with zero attached hydrogens (tertiary/aromatic N) is 2. The molecule has 4 aromatic heterocycles. The molecule has 10 nitrogen and oxygen atoms in total. The molecule has 300 valence electrons. The number of aryl methyl sites for hydroxylation is 4. The molecule has 0 unspecified atom stereocenters. The molecule has 13 heteroatoms. The maximum Gasteiger partial charge on any atom is 0.341 e. The number of fused-ring (bicyclic) bond motifs is 2. The van der Waals surface area contributed by atoms with Gasteiger partial charge in [-0.15, -0.1) is 12.4 Å². The van der Waals surface area contributed by atoms with Gasteiger partial charge in [-0.1, -0.05) is 54.1 Å². The minimum atomic E-state index is -1.32. The number of hydrogen-bond donors (Lipinski definition) is 1. The summed E-state index contributed by atoms with van der Waals surface area (Å²) in [6.07, 6.45) is 0. The third-order valence-corrected chi connectivity index (χ3v) is 9.08. The van der Waals surface area contributed by atoms with Crippen molar-refractivity contribution in [3.05, 3.63) is 130 Å². The maximum atomic E-state index is 14.5. The van der Waals surface area contributed by atoms with Crippen LogP contribution >= 0.6 is 12.4 Å².